The van der Waals surface area contributed by atoms with E-state index in [-0.39, 0.29) is 48.7 Å². The fraction of sp³-hybridized carbons (Fsp3) is 0.611. The van der Waals surface area contributed by atoms with Crippen LogP contribution in [0.25, 0.3) is 0 Å². The van der Waals surface area contributed by atoms with Gasteiger partial charge in [-0.3, -0.25) is 9.69 Å². The molecule has 7 heteroatoms. The number of hydrogen-bond donors (Lipinski definition) is 2. The Morgan fingerprint density at radius 2 is 1.88 bits per heavy atom. The largest absolute Gasteiger partial charge is 0.379 e. The zero-order valence-corrected chi connectivity index (χ0v) is 16.1. The first-order valence-corrected chi connectivity index (χ1v) is 8.64. The van der Waals surface area contributed by atoms with Gasteiger partial charge in [0.2, 0.25) is 5.91 Å². The second-order valence-electron chi connectivity index (χ2n) is 6.59. The molecular weight excluding hydrogens is 361 g/mol. The maximum absolute atomic E-state index is 12.4. The van der Waals surface area contributed by atoms with E-state index >= 15 is 0 Å². The predicted molar refractivity (Wildman–Crippen MR) is 104 cm³/mol. The summed E-state index contributed by atoms with van der Waals surface area (Å²) < 4.78 is 5.46. The van der Waals surface area contributed by atoms with E-state index in [9.17, 15) is 4.79 Å². The third-order valence-corrected chi connectivity index (χ3v) is 4.98. The van der Waals surface area contributed by atoms with Crippen LogP contribution in [0, 0.1) is 5.92 Å². The molecule has 0 radical (unpaired) electrons. The molecule has 1 aliphatic heterocycles. The molecular formula is C18H29Cl2N3O2. The third-order valence-electron chi connectivity index (χ3n) is 4.98. The first kappa shape index (κ1) is 22.2. The van der Waals surface area contributed by atoms with E-state index in [0.29, 0.717) is 6.54 Å². The maximum Gasteiger partial charge on any atom is 0.223 e. The first-order chi connectivity index (χ1) is 11.2. The van der Waals surface area contributed by atoms with Crippen molar-refractivity contribution in [2.24, 2.45) is 11.7 Å². The van der Waals surface area contributed by atoms with E-state index in [2.05, 4.69) is 34.5 Å². The number of nitrogens with zero attached hydrogens (tertiary/aromatic N) is 1. The highest BCUT2D eigenvalue weighted by Crippen LogP contribution is 2.25. The lowest BCUT2D eigenvalue weighted by Gasteiger charge is -2.35. The minimum Gasteiger partial charge on any atom is -0.379 e. The molecule has 3 unspecified atom stereocenters. The molecule has 25 heavy (non-hydrogen) atoms. The van der Waals surface area contributed by atoms with Gasteiger partial charge in [0.15, 0.2) is 0 Å². The molecule has 1 saturated heterocycles. The molecule has 1 heterocycles. The van der Waals surface area contributed by atoms with Crippen molar-refractivity contribution in [1.82, 2.24) is 10.2 Å². The lowest BCUT2D eigenvalue weighted by atomic mass is 10.0. The molecule has 1 aliphatic carbocycles. The molecule has 3 atom stereocenters. The Balaban J connectivity index is 0.00000156. The number of nitrogens with one attached hydrogen (secondary N) is 1. The van der Waals surface area contributed by atoms with Gasteiger partial charge >= 0.3 is 0 Å². The van der Waals surface area contributed by atoms with E-state index in [4.69, 9.17) is 10.5 Å². The molecule has 3 rings (SSSR count). The molecule has 1 amide bonds. The van der Waals surface area contributed by atoms with E-state index in [1.807, 2.05) is 6.07 Å². The average molecular weight is 390 g/mol. The topological polar surface area (TPSA) is 67.6 Å². The summed E-state index contributed by atoms with van der Waals surface area (Å²) in [5.41, 5.74) is 7.17. The molecule has 3 N–H and O–H groups in total. The number of carbonyl (C=O) groups is 1. The number of morpholine rings is 1. The average Bonchev–Trinajstić information content (AvgIpc) is 3.03. The number of hydrogen-bond acceptors (Lipinski definition) is 4. The summed E-state index contributed by atoms with van der Waals surface area (Å²) in [5.74, 6) is 0.248. The van der Waals surface area contributed by atoms with Gasteiger partial charge < -0.3 is 15.8 Å². The smallest absolute Gasteiger partial charge is 0.223 e. The molecule has 0 bridgehead atoms. The summed E-state index contributed by atoms with van der Waals surface area (Å²) in [6.07, 6.45) is 2.70. The van der Waals surface area contributed by atoms with Gasteiger partial charge in [-0.15, -0.1) is 24.8 Å². The van der Waals surface area contributed by atoms with E-state index in [0.717, 1.165) is 45.6 Å². The quantitative estimate of drug-likeness (QED) is 0.809. The zero-order chi connectivity index (χ0) is 16.1. The molecule has 1 aromatic rings. The molecule has 2 fully saturated rings. The van der Waals surface area contributed by atoms with Crippen LogP contribution in [0.4, 0.5) is 0 Å². The number of ether oxygens (including phenoxy) is 1. The lowest BCUT2D eigenvalue weighted by molar-refractivity contribution is -0.125. The van der Waals surface area contributed by atoms with E-state index in [1.54, 1.807) is 0 Å². The van der Waals surface area contributed by atoms with Gasteiger partial charge in [0.1, 0.15) is 0 Å². The van der Waals surface area contributed by atoms with Crippen LogP contribution >= 0.6 is 24.8 Å². The van der Waals surface area contributed by atoms with Crippen LogP contribution in [-0.2, 0) is 9.53 Å². The van der Waals surface area contributed by atoms with E-state index in [1.165, 1.54) is 5.56 Å². The van der Waals surface area contributed by atoms with Crippen LogP contribution in [0.3, 0.4) is 0 Å². The number of halogens is 2. The molecule has 142 valence electrons. The monoisotopic (exact) mass is 389 g/mol. The fourth-order valence-corrected chi connectivity index (χ4v) is 3.62. The van der Waals surface area contributed by atoms with Crippen LogP contribution in [0.2, 0.25) is 0 Å². The van der Waals surface area contributed by atoms with Gasteiger partial charge in [0.25, 0.3) is 0 Å². The maximum atomic E-state index is 12.4. The van der Waals surface area contributed by atoms with Gasteiger partial charge in [-0.1, -0.05) is 30.3 Å². The summed E-state index contributed by atoms with van der Waals surface area (Å²) in [6, 6.07) is 10.8. The Bertz CT molecular complexity index is 512. The fourth-order valence-electron chi connectivity index (χ4n) is 3.62. The molecule has 0 spiro atoms. The highest BCUT2D eigenvalue weighted by Gasteiger charge is 2.29. The number of benzene rings is 1. The van der Waals surface area contributed by atoms with Gasteiger partial charge in [-0.2, -0.15) is 0 Å². The summed E-state index contributed by atoms with van der Waals surface area (Å²) in [5, 5.41) is 3.16. The van der Waals surface area contributed by atoms with Crippen LogP contribution in [0.5, 0.6) is 0 Å². The van der Waals surface area contributed by atoms with Crippen LogP contribution in [0.1, 0.15) is 30.9 Å². The van der Waals surface area contributed by atoms with Crippen LogP contribution in [0.15, 0.2) is 30.3 Å². The number of nitrogens with two attached hydrogens (primary N) is 1. The Kier molecular flexibility index (Phi) is 9.75. The summed E-state index contributed by atoms with van der Waals surface area (Å²) in [6.45, 7) is 3.98. The molecule has 1 aromatic carbocycles. The number of rotatable bonds is 5. The standard InChI is InChI=1S/C18H27N3O2.2ClH/c19-16-7-6-15(12-16)18(22)20-13-17(14-4-2-1-3-5-14)21-8-10-23-11-9-21;;/h1-5,15-17H,6-13,19H2,(H,20,22);2*1H. The van der Waals surface area contributed by atoms with E-state index < -0.39 is 0 Å². The number of amides is 1. The minimum atomic E-state index is 0. The summed E-state index contributed by atoms with van der Waals surface area (Å²) >= 11 is 0. The van der Waals surface area contributed by atoms with Gasteiger partial charge in [-0.25, -0.2) is 0 Å². The van der Waals surface area contributed by atoms with Crippen molar-refractivity contribution < 1.29 is 9.53 Å². The van der Waals surface area contributed by atoms with Gasteiger partial charge in [0.05, 0.1) is 19.3 Å². The van der Waals surface area contributed by atoms with Crippen LogP contribution in [-0.4, -0.2) is 49.7 Å². The predicted octanol–water partition coefficient (Wildman–Crippen LogP) is 2.15. The Morgan fingerprint density at radius 3 is 2.48 bits per heavy atom. The number of carbonyl (C=O) groups excluding carboxylic acids is 1. The van der Waals surface area contributed by atoms with Crippen molar-refractivity contribution in [2.75, 3.05) is 32.8 Å². The summed E-state index contributed by atoms with van der Waals surface area (Å²) in [4.78, 5) is 14.8. The van der Waals surface area contributed by atoms with Crippen molar-refractivity contribution in [2.45, 2.75) is 31.3 Å². The first-order valence-electron chi connectivity index (χ1n) is 8.64. The molecule has 1 saturated carbocycles. The third kappa shape index (κ3) is 6.12. The second kappa shape index (κ2) is 11.0. The van der Waals surface area contributed by atoms with Crippen molar-refractivity contribution in [1.29, 1.82) is 0 Å². The van der Waals surface area contributed by atoms with Crippen molar-refractivity contribution in [3.8, 4) is 0 Å². The summed E-state index contributed by atoms with van der Waals surface area (Å²) in [7, 11) is 0. The Hall–Kier alpha value is -0.850. The minimum absolute atomic E-state index is 0. The Labute approximate surface area is 162 Å². The van der Waals surface area contributed by atoms with Gasteiger partial charge in [-0.05, 0) is 24.8 Å². The molecule has 2 aliphatic rings. The highest BCUT2D eigenvalue weighted by molar-refractivity contribution is 5.85. The zero-order valence-electron chi connectivity index (χ0n) is 14.4. The lowest BCUT2D eigenvalue weighted by Crippen LogP contribution is -2.44. The van der Waals surface area contributed by atoms with Crippen molar-refractivity contribution in [3.63, 3.8) is 0 Å². The SMILES string of the molecule is Cl.Cl.NC1CCC(C(=O)NCC(c2ccccc2)N2CCOCC2)C1. The second-order valence-corrected chi connectivity index (χ2v) is 6.59. The Morgan fingerprint density at radius 1 is 1.20 bits per heavy atom. The van der Waals surface area contributed by atoms with Crippen molar-refractivity contribution in [3.05, 3.63) is 35.9 Å². The van der Waals surface area contributed by atoms with Crippen molar-refractivity contribution >= 4 is 30.7 Å². The van der Waals surface area contributed by atoms with Crippen LogP contribution < -0.4 is 11.1 Å². The molecule has 5 nitrogen and oxygen atoms in total. The highest BCUT2D eigenvalue weighted by atomic mass is 35.5. The molecule has 0 aromatic heterocycles. The normalized spacial score (nSPS) is 24.7. The van der Waals surface area contributed by atoms with Gasteiger partial charge in [0, 0.05) is 31.6 Å².